The van der Waals surface area contributed by atoms with Gasteiger partial charge in [0.15, 0.2) is 10.3 Å². The number of aliphatic imine (C=N–C) groups is 2. The van der Waals surface area contributed by atoms with Gasteiger partial charge in [0.25, 0.3) is 0 Å². The number of halogens is 2. The lowest BCUT2D eigenvalue weighted by Crippen LogP contribution is -2.16. The molecule has 0 bridgehead atoms. The Kier molecular flexibility index (Phi) is 10.2. The van der Waals surface area contributed by atoms with Crippen LogP contribution in [0.25, 0.3) is 0 Å². The van der Waals surface area contributed by atoms with Gasteiger partial charge in [-0.15, -0.1) is 0 Å². The minimum atomic E-state index is -0.350. The van der Waals surface area contributed by atoms with Crippen molar-refractivity contribution in [2.75, 3.05) is 0 Å². The normalized spacial score (nSPS) is 12.3. The van der Waals surface area contributed by atoms with E-state index >= 15 is 0 Å². The minimum Gasteiger partial charge on any atom is -0.255 e. The standard InChI is InChI=1S/C28H22F2N6S2/c29-23-11-15-25(16-12-23)33-27(35-31-19-21-7-3-1-4-8-21)37-38-28(34-26-17-13-24(30)14-18-26)36-32-20-22-9-5-2-6-10-22/h1-20H,(H,33,35)(H,34,36)/b31-19+,32-20+. The van der Waals surface area contributed by atoms with E-state index in [9.17, 15) is 8.78 Å². The Bertz CT molecular complexity index is 1300. The van der Waals surface area contributed by atoms with E-state index in [1.165, 1.54) is 45.9 Å². The second-order valence-electron chi connectivity index (χ2n) is 7.51. The minimum absolute atomic E-state index is 0.350. The first-order valence-corrected chi connectivity index (χ1v) is 13.5. The molecule has 0 amide bonds. The molecule has 0 fully saturated rings. The molecule has 10 heteroatoms. The Hall–Kier alpha value is -4.28. The highest BCUT2D eigenvalue weighted by molar-refractivity contribution is 8.87. The number of hydrazone groups is 2. The summed E-state index contributed by atoms with van der Waals surface area (Å²) in [6, 6.07) is 30.8. The lowest BCUT2D eigenvalue weighted by atomic mass is 10.2. The average molecular weight is 545 g/mol. The number of nitrogens with one attached hydrogen (secondary N) is 2. The van der Waals surface area contributed by atoms with Crippen LogP contribution in [0.4, 0.5) is 20.2 Å². The van der Waals surface area contributed by atoms with Crippen LogP contribution in [0.15, 0.2) is 129 Å². The molecular weight excluding hydrogens is 522 g/mol. The van der Waals surface area contributed by atoms with Crippen molar-refractivity contribution in [3.8, 4) is 0 Å². The van der Waals surface area contributed by atoms with Crippen molar-refractivity contribution < 1.29 is 8.78 Å². The Morgan fingerprint density at radius 1 is 0.526 bits per heavy atom. The van der Waals surface area contributed by atoms with Crippen LogP contribution in [-0.2, 0) is 0 Å². The van der Waals surface area contributed by atoms with E-state index in [1.807, 2.05) is 60.7 Å². The van der Waals surface area contributed by atoms with Crippen LogP contribution in [0.3, 0.4) is 0 Å². The summed E-state index contributed by atoms with van der Waals surface area (Å²) >= 11 is 0. The summed E-state index contributed by atoms with van der Waals surface area (Å²) in [6.07, 6.45) is 3.34. The molecule has 38 heavy (non-hydrogen) atoms. The van der Waals surface area contributed by atoms with Gasteiger partial charge in [0.1, 0.15) is 11.6 Å². The van der Waals surface area contributed by atoms with E-state index in [0.717, 1.165) is 11.1 Å². The third kappa shape index (κ3) is 9.30. The first kappa shape index (κ1) is 26.8. The molecule has 0 aromatic heterocycles. The van der Waals surface area contributed by atoms with Gasteiger partial charge in [0, 0.05) is 0 Å². The van der Waals surface area contributed by atoms with Crippen molar-refractivity contribution in [3.63, 3.8) is 0 Å². The van der Waals surface area contributed by atoms with Crippen LogP contribution in [-0.4, -0.2) is 22.8 Å². The number of benzene rings is 4. The molecule has 0 saturated carbocycles. The Balaban J connectivity index is 1.53. The van der Waals surface area contributed by atoms with Crippen molar-refractivity contribution in [1.82, 2.24) is 10.9 Å². The summed E-state index contributed by atoms with van der Waals surface area (Å²) in [7, 11) is 2.48. The zero-order chi connectivity index (χ0) is 26.4. The molecule has 4 rings (SSSR count). The van der Waals surface area contributed by atoms with E-state index in [2.05, 4.69) is 31.0 Å². The zero-order valence-electron chi connectivity index (χ0n) is 19.9. The topological polar surface area (TPSA) is 73.5 Å². The van der Waals surface area contributed by atoms with Crippen LogP contribution < -0.4 is 10.9 Å². The molecule has 0 aliphatic rings. The highest BCUT2D eigenvalue weighted by Crippen LogP contribution is 2.27. The van der Waals surface area contributed by atoms with Crippen LogP contribution in [0.5, 0.6) is 0 Å². The summed E-state index contributed by atoms with van der Waals surface area (Å²) in [5, 5.41) is 9.42. The molecule has 0 atom stereocenters. The first-order valence-electron chi connectivity index (χ1n) is 11.4. The fraction of sp³-hybridized carbons (Fsp3) is 0. The highest BCUT2D eigenvalue weighted by atomic mass is 33.1. The predicted octanol–water partition coefficient (Wildman–Crippen LogP) is 7.27. The van der Waals surface area contributed by atoms with Gasteiger partial charge in [0.2, 0.25) is 0 Å². The van der Waals surface area contributed by atoms with Crippen LogP contribution in [0.1, 0.15) is 11.1 Å². The third-order valence-corrected chi connectivity index (χ3v) is 6.62. The predicted molar refractivity (Wildman–Crippen MR) is 157 cm³/mol. The number of nitrogens with zero attached hydrogens (tertiary/aromatic N) is 4. The Labute approximate surface area is 227 Å². The molecule has 2 N–H and O–H groups in total. The molecule has 4 aromatic rings. The summed E-state index contributed by atoms with van der Waals surface area (Å²) < 4.78 is 26.8. The molecule has 0 radical (unpaired) electrons. The quantitative estimate of drug-likeness (QED) is 0.116. The molecule has 4 aromatic carbocycles. The monoisotopic (exact) mass is 544 g/mol. The molecule has 0 spiro atoms. The van der Waals surface area contributed by atoms with Crippen molar-refractivity contribution in [1.29, 1.82) is 0 Å². The maximum atomic E-state index is 13.4. The maximum Gasteiger partial charge on any atom is 0.193 e. The van der Waals surface area contributed by atoms with Gasteiger partial charge in [0.05, 0.1) is 23.8 Å². The van der Waals surface area contributed by atoms with Crippen LogP contribution >= 0.6 is 21.6 Å². The van der Waals surface area contributed by atoms with Crippen molar-refractivity contribution >= 4 is 55.7 Å². The van der Waals surface area contributed by atoms with Crippen LogP contribution in [0, 0.1) is 11.6 Å². The van der Waals surface area contributed by atoms with Gasteiger partial charge in [-0.25, -0.2) is 18.8 Å². The molecule has 0 unspecified atom stereocenters. The van der Waals surface area contributed by atoms with Gasteiger partial charge in [-0.3, -0.25) is 10.9 Å². The Morgan fingerprint density at radius 3 is 1.26 bits per heavy atom. The first-order chi connectivity index (χ1) is 18.6. The van der Waals surface area contributed by atoms with Crippen LogP contribution in [0.2, 0.25) is 0 Å². The molecule has 0 saturated heterocycles. The lowest BCUT2D eigenvalue weighted by molar-refractivity contribution is 0.627. The van der Waals surface area contributed by atoms with Gasteiger partial charge in [-0.2, -0.15) is 10.2 Å². The second kappa shape index (κ2) is 14.5. The lowest BCUT2D eigenvalue weighted by Gasteiger charge is -2.08. The summed E-state index contributed by atoms with van der Waals surface area (Å²) in [6.45, 7) is 0. The van der Waals surface area contributed by atoms with E-state index in [-0.39, 0.29) is 11.6 Å². The highest BCUT2D eigenvalue weighted by Gasteiger charge is 2.07. The number of hydrogen-bond acceptors (Lipinski definition) is 6. The number of amidine groups is 2. The molecule has 0 aliphatic heterocycles. The SMILES string of the molecule is Fc1ccc(N=C(N/N=C/c2ccccc2)SSC(=Nc2ccc(F)cc2)N/N=C/c2ccccc2)cc1. The fourth-order valence-corrected chi connectivity index (χ4v) is 4.42. The van der Waals surface area contributed by atoms with E-state index in [1.54, 1.807) is 36.7 Å². The van der Waals surface area contributed by atoms with E-state index in [4.69, 9.17) is 0 Å². The van der Waals surface area contributed by atoms with Gasteiger partial charge in [-0.1, -0.05) is 60.7 Å². The fourth-order valence-electron chi connectivity index (χ4n) is 2.87. The average Bonchev–Trinajstić information content (AvgIpc) is 2.95. The smallest absolute Gasteiger partial charge is 0.193 e. The van der Waals surface area contributed by atoms with Crippen molar-refractivity contribution in [2.45, 2.75) is 0 Å². The molecule has 190 valence electrons. The van der Waals surface area contributed by atoms with E-state index < -0.39 is 0 Å². The molecule has 6 nitrogen and oxygen atoms in total. The van der Waals surface area contributed by atoms with Gasteiger partial charge >= 0.3 is 0 Å². The zero-order valence-corrected chi connectivity index (χ0v) is 21.5. The second-order valence-corrected chi connectivity index (χ2v) is 9.62. The summed E-state index contributed by atoms with van der Waals surface area (Å²) in [5.74, 6) is -0.700. The van der Waals surface area contributed by atoms with E-state index in [0.29, 0.717) is 21.7 Å². The van der Waals surface area contributed by atoms with Crippen molar-refractivity contribution in [2.24, 2.45) is 20.2 Å². The summed E-state index contributed by atoms with van der Waals surface area (Å²) in [4.78, 5) is 9.09. The largest absolute Gasteiger partial charge is 0.255 e. The number of hydrogen-bond donors (Lipinski definition) is 2. The third-order valence-electron chi connectivity index (χ3n) is 4.66. The Morgan fingerprint density at radius 2 is 0.895 bits per heavy atom. The van der Waals surface area contributed by atoms with Gasteiger partial charge in [-0.05, 0) is 81.2 Å². The maximum absolute atomic E-state index is 13.4. The summed E-state index contributed by atoms with van der Waals surface area (Å²) in [5.41, 5.74) is 8.79. The molecule has 0 heterocycles. The van der Waals surface area contributed by atoms with Gasteiger partial charge < -0.3 is 0 Å². The molecule has 0 aliphatic carbocycles. The van der Waals surface area contributed by atoms with Crippen molar-refractivity contribution in [3.05, 3.63) is 132 Å². The number of rotatable bonds is 6. The molecular formula is C28H22F2N6S2.